The van der Waals surface area contributed by atoms with E-state index < -0.39 is 0 Å². The number of nitrogens with zero attached hydrogens (tertiary/aromatic N) is 2. The molecule has 1 aromatic carbocycles. The van der Waals surface area contributed by atoms with Gasteiger partial charge in [-0.2, -0.15) is 5.26 Å². The summed E-state index contributed by atoms with van der Waals surface area (Å²) in [4.78, 5) is 14.8. The second-order valence-electron chi connectivity index (χ2n) is 7.26. The number of hydrogen-bond acceptors (Lipinski definition) is 5. The fourth-order valence-corrected chi connectivity index (χ4v) is 5.66. The molecule has 0 bridgehead atoms. The Balaban J connectivity index is 1.57. The number of rotatable bonds is 4. The van der Waals surface area contributed by atoms with Gasteiger partial charge in [0.05, 0.1) is 30.6 Å². The average Bonchev–Trinajstić information content (AvgIpc) is 3.06. The van der Waals surface area contributed by atoms with E-state index in [4.69, 9.17) is 4.74 Å². The van der Waals surface area contributed by atoms with Gasteiger partial charge in [-0.25, -0.2) is 0 Å². The molecule has 0 N–H and O–H groups in total. The van der Waals surface area contributed by atoms with Crippen molar-refractivity contribution in [2.75, 3.05) is 26.3 Å². The van der Waals surface area contributed by atoms with Crippen LogP contribution in [-0.4, -0.2) is 42.9 Å². The molecular weight excluding hydrogens is 344 g/mol. The smallest absolute Gasteiger partial charge is 0.156 e. The number of hydrogen-bond donors (Lipinski definition) is 0. The Hall–Kier alpha value is -1.61. The maximum Gasteiger partial charge on any atom is 0.156 e. The van der Waals surface area contributed by atoms with Crippen LogP contribution in [0.25, 0.3) is 0 Å². The molecule has 5 heteroatoms. The molecule has 26 heavy (non-hydrogen) atoms. The van der Waals surface area contributed by atoms with Gasteiger partial charge in [-0.3, -0.25) is 9.69 Å². The third-order valence-corrected chi connectivity index (χ3v) is 7.11. The van der Waals surface area contributed by atoms with Crippen molar-refractivity contribution in [1.82, 2.24) is 4.90 Å². The first kappa shape index (κ1) is 17.8. The molecule has 136 valence electrons. The normalized spacial score (nSPS) is 26.4. The van der Waals surface area contributed by atoms with Crippen LogP contribution in [0.2, 0.25) is 0 Å². The highest BCUT2D eigenvalue weighted by Gasteiger charge is 2.39. The predicted molar refractivity (Wildman–Crippen MR) is 103 cm³/mol. The molecule has 1 saturated heterocycles. The van der Waals surface area contributed by atoms with Crippen LogP contribution in [0, 0.1) is 17.2 Å². The van der Waals surface area contributed by atoms with Crippen molar-refractivity contribution in [3.05, 3.63) is 45.4 Å². The molecule has 2 unspecified atom stereocenters. The number of aryl methyl sites for hydroxylation is 2. The van der Waals surface area contributed by atoms with Crippen molar-refractivity contribution in [2.45, 2.75) is 37.5 Å². The number of ether oxygens (including phenoxy) is 1. The van der Waals surface area contributed by atoms with Gasteiger partial charge in [-0.1, -0.05) is 18.2 Å². The Morgan fingerprint density at radius 1 is 1.23 bits per heavy atom. The summed E-state index contributed by atoms with van der Waals surface area (Å²) in [5.41, 5.74) is 5.14. The van der Waals surface area contributed by atoms with Gasteiger partial charge >= 0.3 is 0 Å². The zero-order valence-electron chi connectivity index (χ0n) is 14.9. The van der Waals surface area contributed by atoms with Gasteiger partial charge in [0.1, 0.15) is 0 Å². The number of allylic oxidation sites excluding steroid dienone is 1. The van der Waals surface area contributed by atoms with Gasteiger partial charge in [0.2, 0.25) is 0 Å². The Bertz CT molecular complexity index is 762. The Morgan fingerprint density at radius 2 is 2.00 bits per heavy atom. The molecule has 0 spiro atoms. The molecule has 0 amide bonds. The number of fused-ring (bicyclic) bond motifs is 1. The molecule has 4 nitrogen and oxygen atoms in total. The fourth-order valence-electron chi connectivity index (χ4n) is 4.28. The molecule has 2 heterocycles. The summed E-state index contributed by atoms with van der Waals surface area (Å²) in [5, 5.41) is 9.89. The molecule has 4 rings (SSSR count). The lowest BCUT2D eigenvalue weighted by Gasteiger charge is -2.33. The van der Waals surface area contributed by atoms with Gasteiger partial charge in [0, 0.05) is 18.0 Å². The van der Waals surface area contributed by atoms with Crippen LogP contribution in [0.4, 0.5) is 0 Å². The minimum atomic E-state index is -0.227. The number of thioether (sulfide) groups is 1. The van der Waals surface area contributed by atoms with Crippen molar-refractivity contribution >= 4 is 18.0 Å². The standard InChI is InChI=1S/C21H24N2O2S/c22-13-19-18(12-15-5-6-16-3-1-2-4-17(16)11-15)20(14-24)26-21(19)23-7-9-25-10-8-23/h5-6,11,14,19,21H,1-4,7-10,12H2. The number of nitriles is 1. The highest BCUT2D eigenvalue weighted by atomic mass is 32.2. The lowest BCUT2D eigenvalue weighted by molar-refractivity contribution is -0.104. The van der Waals surface area contributed by atoms with Crippen LogP contribution in [0.15, 0.2) is 28.7 Å². The monoisotopic (exact) mass is 368 g/mol. The first-order valence-corrected chi connectivity index (χ1v) is 10.3. The van der Waals surface area contributed by atoms with Crippen molar-refractivity contribution < 1.29 is 9.53 Å². The van der Waals surface area contributed by atoms with Gasteiger partial charge < -0.3 is 4.74 Å². The Labute approximate surface area is 159 Å². The van der Waals surface area contributed by atoms with E-state index in [1.807, 2.05) is 0 Å². The lowest BCUT2D eigenvalue weighted by atomic mass is 9.87. The predicted octanol–water partition coefficient (Wildman–Crippen LogP) is 3.11. The third kappa shape index (κ3) is 3.46. The summed E-state index contributed by atoms with van der Waals surface area (Å²) in [5.74, 6) is -0.227. The minimum absolute atomic E-state index is 0.0386. The van der Waals surface area contributed by atoms with Crippen molar-refractivity contribution in [2.24, 2.45) is 5.92 Å². The first-order valence-electron chi connectivity index (χ1n) is 9.47. The maximum absolute atomic E-state index is 11.7. The van der Waals surface area contributed by atoms with E-state index in [9.17, 15) is 10.1 Å². The topological polar surface area (TPSA) is 53.3 Å². The summed E-state index contributed by atoms with van der Waals surface area (Å²) in [6, 6.07) is 9.21. The van der Waals surface area contributed by atoms with E-state index in [1.54, 1.807) is 11.8 Å². The van der Waals surface area contributed by atoms with Crippen molar-refractivity contribution in [3.8, 4) is 6.07 Å². The molecule has 0 radical (unpaired) electrons. The molecule has 3 aliphatic rings. The fraction of sp³-hybridized carbons (Fsp3) is 0.524. The summed E-state index contributed by atoms with van der Waals surface area (Å²) < 4.78 is 5.44. The molecule has 1 aromatic rings. The minimum Gasteiger partial charge on any atom is -0.379 e. The van der Waals surface area contributed by atoms with Crippen LogP contribution in [0.5, 0.6) is 0 Å². The van der Waals surface area contributed by atoms with Crippen LogP contribution >= 0.6 is 11.8 Å². The molecular formula is C21H24N2O2S. The van der Waals surface area contributed by atoms with Crippen LogP contribution in [0.3, 0.4) is 0 Å². The molecule has 1 aliphatic carbocycles. The first-order chi connectivity index (χ1) is 12.8. The molecule has 1 fully saturated rings. The zero-order chi connectivity index (χ0) is 17.9. The number of carbonyl (C=O) groups is 1. The van der Waals surface area contributed by atoms with E-state index in [1.165, 1.54) is 36.0 Å². The highest BCUT2D eigenvalue weighted by Crippen LogP contribution is 2.44. The highest BCUT2D eigenvalue weighted by molar-refractivity contribution is 8.04. The number of morpholine rings is 1. The molecule has 0 aromatic heterocycles. The van der Waals surface area contributed by atoms with Crippen LogP contribution < -0.4 is 0 Å². The summed E-state index contributed by atoms with van der Waals surface area (Å²) in [6.45, 7) is 3.06. The average molecular weight is 369 g/mol. The van der Waals surface area contributed by atoms with E-state index >= 15 is 0 Å². The van der Waals surface area contributed by atoms with Crippen molar-refractivity contribution in [3.63, 3.8) is 0 Å². The van der Waals surface area contributed by atoms with Gasteiger partial charge in [-0.15, -0.1) is 11.8 Å². The Kier molecular flexibility index (Phi) is 5.44. The molecule has 2 atom stereocenters. The van der Waals surface area contributed by atoms with E-state index in [-0.39, 0.29) is 11.3 Å². The second kappa shape index (κ2) is 7.96. The van der Waals surface area contributed by atoms with Gasteiger partial charge in [0.25, 0.3) is 0 Å². The van der Waals surface area contributed by atoms with Crippen LogP contribution in [-0.2, 0) is 28.8 Å². The quantitative estimate of drug-likeness (QED) is 0.765. The maximum atomic E-state index is 11.7. The van der Waals surface area contributed by atoms with Crippen molar-refractivity contribution in [1.29, 1.82) is 5.26 Å². The van der Waals surface area contributed by atoms with Gasteiger partial charge in [-0.05, 0) is 54.4 Å². The molecule has 2 aliphatic heterocycles. The second-order valence-corrected chi connectivity index (χ2v) is 8.42. The number of aldehydes is 1. The van der Waals surface area contributed by atoms with Crippen LogP contribution in [0.1, 0.15) is 29.5 Å². The van der Waals surface area contributed by atoms with Gasteiger partial charge in [0.15, 0.2) is 6.29 Å². The largest absolute Gasteiger partial charge is 0.379 e. The zero-order valence-corrected chi connectivity index (χ0v) is 15.8. The molecule has 0 saturated carbocycles. The Morgan fingerprint density at radius 3 is 2.73 bits per heavy atom. The summed E-state index contributed by atoms with van der Waals surface area (Å²) >= 11 is 1.57. The number of carbonyl (C=O) groups excluding carboxylic acids is 1. The summed E-state index contributed by atoms with van der Waals surface area (Å²) in [6.07, 6.45) is 6.51. The van der Waals surface area contributed by atoms with E-state index in [0.29, 0.717) is 19.6 Å². The lowest BCUT2D eigenvalue weighted by Crippen LogP contribution is -2.44. The summed E-state index contributed by atoms with van der Waals surface area (Å²) in [7, 11) is 0. The SMILES string of the molecule is N#CC1C(Cc2ccc3c(c2)CCCC3)=C(C=O)SC1N1CCOCC1. The number of benzene rings is 1. The van der Waals surface area contributed by atoms with E-state index in [0.717, 1.165) is 36.3 Å². The third-order valence-electron chi connectivity index (χ3n) is 5.68. The van der Waals surface area contributed by atoms with E-state index in [2.05, 4.69) is 29.2 Å².